The lowest BCUT2D eigenvalue weighted by molar-refractivity contribution is -0.384. The van der Waals surface area contributed by atoms with E-state index in [1.54, 1.807) is 12.1 Å². The first kappa shape index (κ1) is 15.5. The van der Waals surface area contributed by atoms with Gasteiger partial charge in [-0.15, -0.1) is 0 Å². The first-order chi connectivity index (χ1) is 11.0. The van der Waals surface area contributed by atoms with Crippen molar-refractivity contribution < 1.29 is 14.5 Å². The number of nitrogens with zero attached hydrogens (tertiary/aromatic N) is 2. The van der Waals surface area contributed by atoms with Gasteiger partial charge in [-0.3, -0.25) is 20.3 Å². The van der Waals surface area contributed by atoms with Gasteiger partial charge in [0.25, 0.3) is 11.6 Å². The summed E-state index contributed by atoms with van der Waals surface area (Å²) in [7, 11) is 0. The lowest BCUT2D eigenvalue weighted by Crippen LogP contribution is -2.36. The number of anilines is 1. The molecule has 2 saturated heterocycles. The van der Waals surface area contributed by atoms with Crippen LogP contribution >= 0.6 is 11.8 Å². The van der Waals surface area contributed by atoms with E-state index in [0.717, 1.165) is 17.4 Å². The number of hydrogen-bond acceptors (Lipinski definition) is 7. The summed E-state index contributed by atoms with van der Waals surface area (Å²) < 4.78 is 5.33. The molecule has 0 bridgehead atoms. The molecule has 0 aromatic heterocycles. The quantitative estimate of drug-likeness (QED) is 0.493. The van der Waals surface area contributed by atoms with E-state index >= 15 is 0 Å². The summed E-state index contributed by atoms with van der Waals surface area (Å²) in [5.74, 6) is -0.362. The predicted molar refractivity (Wildman–Crippen MR) is 87.6 cm³/mol. The van der Waals surface area contributed by atoms with Gasteiger partial charge in [-0.25, -0.2) is 0 Å². The molecule has 0 saturated carbocycles. The number of non-ortho nitro benzene ring substituents is 1. The SMILES string of the molecule is N=C1NC(=O)/C(=C\c2cc([N+](=O)[O-])ccc2N2CCOCC2)S1. The Bertz CT molecular complexity index is 713. The van der Waals surface area contributed by atoms with Gasteiger partial charge < -0.3 is 15.0 Å². The Kier molecular flexibility index (Phi) is 4.30. The monoisotopic (exact) mass is 334 g/mol. The van der Waals surface area contributed by atoms with Gasteiger partial charge in [0.05, 0.1) is 23.0 Å². The van der Waals surface area contributed by atoms with Crippen LogP contribution in [-0.2, 0) is 9.53 Å². The average Bonchev–Trinajstić information content (AvgIpc) is 2.85. The molecule has 0 spiro atoms. The van der Waals surface area contributed by atoms with Crippen molar-refractivity contribution in [1.29, 1.82) is 5.41 Å². The van der Waals surface area contributed by atoms with Crippen LogP contribution in [-0.4, -0.2) is 42.3 Å². The largest absolute Gasteiger partial charge is 0.378 e. The number of hydrogen-bond donors (Lipinski definition) is 2. The third-order valence-electron chi connectivity index (χ3n) is 3.52. The van der Waals surface area contributed by atoms with Crippen LogP contribution in [0.2, 0.25) is 0 Å². The Hall–Kier alpha value is -2.39. The van der Waals surface area contributed by atoms with Gasteiger partial charge in [-0.2, -0.15) is 0 Å². The molecule has 1 aromatic rings. The molecule has 23 heavy (non-hydrogen) atoms. The van der Waals surface area contributed by atoms with Crippen molar-refractivity contribution in [3.05, 3.63) is 38.8 Å². The van der Waals surface area contributed by atoms with Crippen LogP contribution in [0.3, 0.4) is 0 Å². The van der Waals surface area contributed by atoms with E-state index in [-0.39, 0.29) is 16.8 Å². The summed E-state index contributed by atoms with van der Waals surface area (Å²) in [5, 5.41) is 21.0. The van der Waals surface area contributed by atoms with Crippen molar-refractivity contribution in [3.63, 3.8) is 0 Å². The van der Waals surface area contributed by atoms with Gasteiger partial charge in [-0.05, 0) is 23.9 Å². The smallest absolute Gasteiger partial charge is 0.270 e. The van der Waals surface area contributed by atoms with Crippen molar-refractivity contribution >= 4 is 40.3 Å². The first-order valence-corrected chi connectivity index (χ1v) is 7.77. The van der Waals surface area contributed by atoms with Crippen LogP contribution < -0.4 is 10.2 Å². The second-order valence-electron chi connectivity index (χ2n) is 4.99. The van der Waals surface area contributed by atoms with Crippen molar-refractivity contribution in [1.82, 2.24) is 5.32 Å². The molecule has 1 aromatic carbocycles. The summed E-state index contributed by atoms with van der Waals surface area (Å²) in [5.41, 5.74) is 1.37. The van der Waals surface area contributed by atoms with Crippen molar-refractivity contribution in [3.8, 4) is 0 Å². The number of benzene rings is 1. The van der Waals surface area contributed by atoms with Gasteiger partial charge in [-0.1, -0.05) is 0 Å². The summed E-state index contributed by atoms with van der Waals surface area (Å²) in [6.07, 6.45) is 1.60. The number of carbonyl (C=O) groups excluding carboxylic acids is 1. The Labute approximate surface area is 136 Å². The summed E-state index contributed by atoms with van der Waals surface area (Å²) in [6, 6.07) is 4.60. The lowest BCUT2D eigenvalue weighted by atomic mass is 10.1. The molecule has 0 aliphatic carbocycles. The third-order valence-corrected chi connectivity index (χ3v) is 4.35. The van der Waals surface area contributed by atoms with Gasteiger partial charge in [0.2, 0.25) is 0 Å². The number of amidine groups is 1. The van der Waals surface area contributed by atoms with Crippen molar-refractivity contribution in [2.75, 3.05) is 31.2 Å². The highest BCUT2D eigenvalue weighted by Crippen LogP contribution is 2.32. The highest BCUT2D eigenvalue weighted by molar-refractivity contribution is 8.18. The molecule has 0 unspecified atom stereocenters. The molecule has 120 valence electrons. The Morgan fingerprint density at radius 2 is 2.13 bits per heavy atom. The summed E-state index contributed by atoms with van der Waals surface area (Å²) in [4.78, 5) is 24.8. The maximum atomic E-state index is 11.8. The average molecular weight is 334 g/mol. The number of morpholine rings is 1. The molecule has 3 rings (SSSR count). The zero-order valence-corrected chi connectivity index (χ0v) is 12.9. The van der Waals surface area contributed by atoms with Gasteiger partial charge >= 0.3 is 0 Å². The zero-order valence-electron chi connectivity index (χ0n) is 12.1. The number of carbonyl (C=O) groups is 1. The fraction of sp³-hybridized carbons (Fsp3) is 0.286. The summed E-state index contributed by atoms with van der Waals surface area (Å²) in [6.45, 7) is 2.55. The van der Waals surface area contributed by atoms with E-state index < -0.39 is 4.92 Å². The molecule has 0 radical (unpaired) electrons. The van der Waals surface area contributed by atoms with Crippen molar-refractivity contribution in [2.45, 2.75) is 0 Å². The van der Waals surface area contributed by atoms with Gasteiger partial charge in [0.15, 0.2) is 5.17 Å². The number of rotatable bonds is 3. The minimum atomic E-state index is -0.463. The number of nitro benzene ring substituents is 1. The highest BCUT2D eigenvalue weighted by Gasteiger charge is 2.24. The Morgan fingerprint density at radius 1 is 1.39 bits per heavy atom. The second-order valence-corrected chi connectivity index (χ2v) is 6.05. The van der Waals surface area contributed by atoms with E-state index in [4.69, 9.17) is 10.1 Å². The minimum absolute atomic E-state index is 0.0349. The normalized spacial score (nSPS) is 20.0. The number of ether oxygens (including phenoxy) is 1. The maximum Gasteiger partial charge on any atom is 0.270 e. The molecule has 2 heterocycles. The molecular formula is C14H14N4O4S. The standard InChI is InChI=1S/C14H14N4O4S/c15-14-16-13(19)12(23-14)8-9-7-10(18(20)21)1-2-11(9)17-3-5-22-6-4-17/h1-2,7-8H,3-6H2,(H2,15,16,19)/b12-8+. The fourth-order valence-corrected chi connectivity index (χ4v) is 3.14. The number of nitrogens with one attached hydrogen (secondary N) is 2. The first-order valence-electron chi connectivity index (χ1n) is 6.95. The van der Waals surface area contributed by atoms with E-state index in [1.165, 1.54) is 12.1 Å². The predicted octanol–water partition coefficient (Wildman–Crippen LogP) is 1.57. The minimum Gasteiger partial charge on any atom is -0.378 e. The fourth-order valence-electron chi connectivity index (χ4n) is 2.45. The van der Waals surface area contributed by atoms with E-state index in [0.29, 0.717) is 36.8 Å². The number of amides is 1. The van der Waals surface area contributed by atoms with Gasteiger partial charge in [0, 0.05) is 36.5 Å². The van der Waals surface area contributed by atoms with Crippen molar-refractivity contribution in [2.24, 2.45) is 0 Å². The Balaban J connectivity index is 2.02. The lowest BCUT2D eigenvalue weighted by Gasteiger charge is -2.30. The molecule has 9 heteroatoms. The second kappa shape index (κ2) is 6.39. The zero-order chi connectivity index (χ0) is 16.4. The topological polar surface area (TPSA) is 109 Å². The molecule has 2 fully saturated rings. The molecular weight excluding hydrogens is 320 g/mol. The van der Waals surface area contributed by atoms with Crippen LogP contribution in [0.15, 0.2) is 23.1 Å². The van der Waals surface area contributed by atoms with Crippen LogP contribution in [0.5, 0.6) is 0 Å². The third kappa shape index (κ3) is 3.35. The highest BCUT2D eigenvalue weighted by atomic mass is 32.2. The van der Waals surface area contributed by atoms with E-state index in [1.807, 2.05) is 0 Å². The number of nitro groups is 1. The Morgan fingerprint density at radius 3 is 2.74 bits per heavy atom. The van der Waals surface area contributed by atoms with E-state index in [9.17, 15) is 14.9 Å². The van der Waals surface area contributed by atoms with Crippen LogP contribution in [0.25, 0.3) is 6.08 Å². The van der Waals surface area contributed by atoms with Crippen LogP contribution in [0, 0.1) is 15.5 Å². The molecule has 2 aliphatic heterocycles. The molecule has 8 nitrogen and oxygen atoms in total. The summed E-state index contributed by atoms with van der Waals surface area (Å²) >= 11 is 1.01. The number of thioether (sulfide) groups is 1. The molecule has 2 N–H and O–H groups in total. The van der Waals surface area contributed by atoms with E-state index in [2.05, 4.69) is 10.2 Å². The molecule has 2 aliphatic rings. The van der Waals surface area contributed by atoms with Crippen LogP contribution in [0.4, 0.5) is 11.4 Å². The molecule has 1 amide bonds. The maximum absolute atomic E-state index is 11.8. The van der Waals surface area contributed by atoms with Crippen LogP contribution in [0.1, 0.15) is 5.56 Å². The molecule has 0 atom stereocenters. The van der Waals surface area contributed by atoms with Gasteiger partial charge in [0.1, 0.15) is 0 Å².